The summed E-state index contributed by atoms with van der Waals surface area (Å²) in [5, 5.41) is 9.96. The van der Waals surface area contributed by atoms with Gasteiger partial charge < -0.3 is 19.9 Å². The summed E-state index contributed by atoms with van der Waals surface area (Å²) in [6.45, 7) is 2.31. The molecule has 2 saturated heterocycles. The first kappa shape index (κ1) is 18.1. The second-order valence-corrected chi connectivity index (χ2v) is 8.77. The number of halogens is 1. The third kappa shape index (κ3) is 2.93. The van der Waals surface area contributed by atoms with Crippen LogP contribution in [0.4, 0.5) is 5.82 Å². The third-order valence-electron chi connectivity index (χ3n) is 6.77. The molecule has 1 aliphatic carbocycles. The zero-order valence-corrected chi connectivity index (χ0v) is 16.5. The molecule has 0 aromatic carbocycles. The van der Waals surface area contributed by atoms with Crippen LogP contribution in [0.25, 0.3) is 11.2 Å². The van der Waals surface area contributed by atoms with Gasteiger partial charge in [-0.2, -0.15) is 9.97 Å². The molecule has 8 nitrogen and oxygen atoms in total. The Bertz CT molecular complexity index is 896. The number of nitrogens with one attached hydrogen (secondary N) is 1. The molecule has 3 aliphatic rings. The van der Waals surface area contributed by atoms with E-state index in [1.807, 2.05) is 0 Å². The lowest BCUT2D eigenvalue weighted by atomic mass is 9.78. The zero-order valence-electron chi connectivity index (χ0n) is 15.8. The van der Waals surface area contributed by atoms with Crippen LogP contribution in [0.1, 0.15) is 44.9 Å². The Morgan fingerprint density at radius 3 is 2.82 bits per heavy atom. The Morgan fingerprint density at radius 1 is 1.18 bits per heavy atom. The molecule has 2 aromatic rings. The molecular weight excluding hydrogens is 380 g/mol. The monoisotopic (exact) mass is 404 g/mol. The number of fused-ring (bicyclic) bond motifs is 1. The van der Waals surface area contributed by atoms with Crippen molar-refractivity contribution in [3.63, 3.8) is 0 Å². The lowest BCUT2D eigenvalue weighted by molar-refractivity contribution is -0.139. The summed E-state index contributed by atoms with van der Waals surface area (Å²) in [6.07, 6.45) is 7.54. The number of hydrogen-bond donors (Lipinski definition) is 2. The van der Waals surface area contributed by atoms with E-state index in [2.05, 4.69) is 29.7 Å². The van der Waals surface area contributed by atoms with Crippen LogP contribution in [0.2, 0.25) is 5.28 Å². The first-order valence-electron chi connectivity index (χ1n) is 10.2. The van der Waals surface area contributed by atoms with Gasteiger partial charge in [-0.05, 0) is 56.5 Å². The van der Waals surface area contributed by atoms with Gasteiger partial charge in [0.2, 0.25) is 11.2 Å². The molecule has 28 heavy (non-hydrogen) atoms. The van der Waals surface area contributed by atoms with Crippen LogP contribution in [-0.2, 0) is 4.79 Å². The maximum atomic E-state index is 13.5. The summed E-state index contributed by atoms with van der Waals surface area (Å²) in [4.78, 5) is 33.7. The number of piperidine rings is 1. The van der Waals surface area contributed by atoms with Gasteiger partial charge in [0.1, 0.15) is 5.52 Å². The Balaban J connectivity index is 1.39. The Labute approximate surface area is 168 Å². The Kier molecular flexibility index (Phi) is 4.43. The lowest BCUT2D eigenvalue weighted by Crippen LogP contribution is -2.50. The van der Waals surface area contributed by atoms with Gasteiger partial charge in [-0.25, -0.2) is 4.98 Å². The second kappa shape index (κ2) is 6.84. The van der Waals surface area contributed by atoms with Crippen molar-refractivity contribution < 1.29 is 9.90 Å². The standard InChI is InChI=1S/C19H25ClN6O2/c20-18-23-15-14(21-11-22-15)16(24-18)25-8-1-6-19(10-25)7-9-26(17(19)28)12-2-4-13(27)5-3-12/h11-13,27H,1-10H2,(H,21,22,23,24)/t12?,13?,19-/m0/s1. The van der Waals surface area contributed by atoms with Gasteiger partial charge in [0, 0.05) is 25.7 Å². The summed E-state index contributed by atoms with van der Waals surface area (Å²) < 4.78 is 0. The molecule has 0 bridgehead atoms. The fraction of sp³-hybridized carbons (Fsp3) is 0.684. The van der Waals surface area contributed by atoms with Crippen LogP contribution in [0.3, 0.4) is 0 Å². The number of aliphatic hydroxyl groups is 1. The highest BCUT2D eigenvalue weighted by Gasteiger charge is 2.51. The number of aromatic amines is 1. The molecule has 1 spiro atoms. The number of likely N-dealkylation sites (tertiary alicyclic amines) is 1. The van der Waals surface area contributed by atoms with Crippen molar-refractivity contribution in [1.82, 2.24) is 24.8 Å². The molecule has 5 rings (SSSR count). The van der Waals surface area contributed by atoms with Crippen LogP contribution >= 0.6 is 11.6 Å². The van der Waals surface area contributed by atoms with Gasteiger partial charge in [-0.15, -0.1) is 0 Å². The van der Waals surface area contributed by atoms with Gasteiger partial charge in [-0.1, -0.05) is 0 Å². The van der Waals surface area contributed by atoms with E-state index < -0.39 is 0 Å². The first-order chi connectivity index (χ1) is 13.6. The number of aromatic nitrogens is 4. The molecule has 9 heteroatoms. The molecule has 2 aromatic heterocycles. The van der Waals surface area contributed by atoms with E-state index in [1.165, 1.54) is 0 Å². The van der Waals surface area contributed by atoms with E-state index in [0.717, 1.165) is 69.4 Å². The lowest BCUT2D eigenvalue weighted by Gasteiger charge is -2.41. The van der Waals surface area contributed by atoms with Crippen molar-refractivity contribution in [3.8, 4) is 0 Å². The average molecular weight is 405 g/mol. The number of carbonyl (C=O) groups is 1. The van der Waals surface area contributed by atoms with E-state index in [9.17, 15) is 9.90 Å². The zero-order chi connectivity index (χ0) is 19.3. The quantitative estimate of drug-likeness (QED) is 0.744. The van der Waals surface area contributed by atoms with Crippen molar-refractivity contribution in [1.29, 1.82) is 0 Å². The van der Waals surface area contributed by atoms with Gasteiger partial charge >= 0.3 is 0 Å². The van der Waals surface area contributed by atoms with E-state index in [4.69, 9.17) is 11.6 Å². The summed E-state index contributed by atoms with van der Waals surface area (Å²) in [7, 11) is 0. The highest BCUT2D eigenvalue weighted by molar-refractivity contribution is 6.28. The Morgan fingerprint density at radius 2 is 2.00 bits per heavy atom. The fourth-order valence-electron chi connectivity index (χ4n) is 5.28. The minimum Gasteiger partial charge on any atom is -0.393 e. The van der Waals surface area contributed by atoms with Crippen LogP contribution in [0.5, 0.6) is 0 Å². The molecule has 1 atom stereocenters. The van der Waals surface area contributed by atoms with Crippen molar-refractivity contribution in [2.45, 2.75) is 57.1 Å². The number of hydrogen-bond acceptors (Lipinski definition) is 6. The summed E-state index contributed by atoms with van der Waals surface area (Å²) in [5.41, 5.74) is 0.970. The minimum absolute atomic E-state index is 0.175. The molecule has 0 radical (unpaired) electrons. The topological polar surface area (TPSA) is 98.2 Å². The van der Waals surface area contributed by atoms with Gasteiger partial charge in [0.15, 0.2) is 11.5 Å². The van der Waals surface area contributed by atoms with Gasteiger partial charge in [-0.3, -0.25) is 4.79 Å². The number of carbonyl (C=O) groups excluding carboxylic acids is 1. The highest BCUT2D eigenvalue weighted by Crippen LogP contribution is 2.43. The number of H-pyrrole nitrogens is 1. The van der Waals surface area contributed by atoms with E-state index in [0.29, 0.717) is 12.2 Å². The molecule has 2 N–H and O–H groups in total. The molecule has 150 valence electrons. The van der Waals surface area contributed by atoms with Crippen molar-refractivity contribution in [3.05, 3.63) is 11.6 Å². The number of anilines is 1. The van der Waals surface area contributed by atoms with Gasteiger partial charge in [0.25, 0.3) is 0 Å². The third-order valence-corrected chi connectivity index (χ3v) is 6.94. The summed E-state index contributed by atoms with van der Waals surface area (Å²) in [6, 6.07) is 0.276. The largest absolute Gasteiger partial charge is 0.393 e. The molecule has 3 fully saturated rings. The van der Waals surface area contributed by atoms with Crippen molar-refractivity contribution in [2.75, 3.05) is 24.5 Å². The maximum absolute atomic E-state index is 13.5. The van der Waals surface area contributed by atoms with E-state index in [1.54, 1.807) is 6.33 Å². The van der Waals surface area contributed by atoms with E-state index in [-0.39, 0.29) is 28.8 Å². The number of imidazole rings is 1. The fourth-order valence-corrected chi connectivity index (χ4v) is 5.44. The SMILES string of the molecule is O=C1N(C2CCC(O)CC2)CC[C@]12CCCN(c1nc(Cl)nc3nc[nH]c13)C2. The molecule has 4 heterocycles. The first-order valence-corrected chi connectivity index (χ1v) is 10.5. The minimum atomic E-state index is -0.349. The Hall–Kier alpha value is -1.93. The summed E-state index contributed by atoms with van der Waals surface area (Å²) >= 11 is 6.12. The summed E-state index contributed by atoms with van der Waals surface area (Å²) in [5.74, 6) is 1.01. The molecule has 1 amide bonds. The number of aliphatic hydroxyl groups excluding tert-OH is 1. The normalized spacial score (nSPS) is 31.3. The van der Waals surface area contributed by atoms with Crippen molar-refractivity contribution in [2.24, 2.45) is 5.41 Å². The van der Waals surface area contributed by atoms with Crippen LogP contribution in [0, 0.1) is 5.41 Å². The van der Waals surface area contributed by atoms with Gasteiger partial charge in [0.05, 0.1) is 17.8 Å². The number of nitrogens with zero attached hydrogens (tertiary/aromatic N) is 5. The van der Waals surface area contributed by atoms with Crippen molar-refractivity contribution >= 4 is 34.5 Å². The predicted molar refractivity (Wildman–Crippen MR) is 105 cm³/mol. The molecule has 0 unspecified atom stereocenters. The molecule has 1 saturated carbocycles. The second-order valence-electron chi connectivity index (χ2n) is 8.43. The van der Waals surface area contributed by atoms with Crippen LogP contribution < -0.4 is 4.90 Å². The van der Waals surface area contributed by atoms with Crippen LogP contribution in [0.15, 0.2) is 6.33 Å². The predicted octanol–water partition coefficient (Wildman–Crippen LogP) is 2.13. The smallest absolute Gasteiger partial charge is 0.230 e. The maximum Gasteiger partial charge on any atom is 0.230 e. The molecular formula is C19H25ClN6O2. The highest BCUT2D eigenvalue weighted by atomic mass is 35.5. The van der Waals surface area contributed by atoms with E-state index >= 15 is 0 Å². The number of rotatable bonds is 2. The average Bonchev–Trinajstić information content (AvgIpc) is 3.28. The number of amides is 1. The van der Waals surface area contributed by atoms with Crippen LogP contribution in [-0.4, -0.2) is 67.6 Å². The molecule has 2 aliphatic heterocycles.